The van der Waals surface area contributed by atoms with Crippen molar-refractivity contribution in [3.8, 4) is 0 Å². The van der Waals surface area contributed by atoms with Crippen molar-refractivity contribution < 1.29 is 4.79 Å². The van der Waals surface area contributed by atoms with E-state index < -0.39 is 5.54 Å². The first-order valence-corrected chi connectivity index (χ1v) is 7.69. The van der Waals surface area contributed by atoms with Crippen molar-refractivity contribution >= 4 is 5.91 Å². The zero-order chi connectivity index (χ0) is 14.5. The van der Waals surface area contributed by atoms with Crippen LogP contribution < -0.4 is 11.1 Å². The van der Waals surface area contributed by atoms with E-state index >= 15 is 0 Å². The summed E-state index contributed by atoms with van der Waals surface area (Å²) in [5, 5.41) is 3.41. The molecule has 0 aromatic carbocycles. The van der Waals surface area contributed by atoms with Gasteiger partial charge in [0.05, 0.1) is 5.54 Å². The quantitative estimate of drug-likeness (QED) is 0.662. The fourth-order valence-corrected chi connectivity index (χ4v) is 3.17. The van der Waals surface area contributed by atoms with Gasteiger partial charge in [-0.3, -0.25) is 4.79 Å². The second-order valence-electron chi connectivity index (χ2n) is 6.33. The highest BCUT2D eigenvalue weighted by Crippen LogP contribution is 2.33. The van der Waals surface area contributed by atoms with Crippen LogP contribution in [-0.4, -0.2) is 42.0 Å². The molecule has 1 aliphatic carbocycles. The Morgan fingerprint density at radius 1 is 1.47 bits per heavy atom. The molecule has 0 saturated heterocycles. The molecule has 112 valence electrons. The highest BCUT2D eigenvalue weighted by atomic mass is 16.1. The molecule has 0 bridgehead atoms. The van der Waals surface area contributed by atoms with Gasteiger partial charge in [-0.15, -0.1) is 0 Å². The molecule has 4 heteroatoms. The standard InChI is InChI=1S/C15H31N3O/c1-5-6-7-10-18(4)13-8-9-15(11-13,14(16)19)17-12(2)3/h12-13,17H,5-11H2,1-4H3,(H2,16,19). The number of carbonyl (C=O) groups is 1. The molecule has 1 amide bonds. The number of primary amides is 1. The molecule has 0 radical (unpaired) electrons. The molecular formula is C15H31N3O. The number of hydrogen-bond acceptors (Lipinski definition) is 3. The summed E-state index contributed by atoms with van der Waals surface area (Å²) in [6.07, 6.45) is 6.54. The van der Waals surface area contributed by atoms with Crippen LogP contribution in [0.1, 0.15) is 59.3 Å². The van der Waals surface area contributed by atoms with Gasteiger partial charge >= 0.3 is 0 Å². The number of amides is 1. The maximum absolute atomic E-state index is 11.8. The van der Waals surface area contributed by atoms with Gasteiger partial charge in [0.2, 0.25) is 5.91 Å². The maximum Gasteiger partial charge on any atom is 0.237 e. The van der Waals surface area contributed by atoms with Crippen LogP contribution in [0, 0.1) is 0 Å². The van der Waals surface area contributed by atoms with Crippen molar-refractivity contribution in [3.05, 3.63) is 0 Å². The Morgan fingerprint density at radius 3 is 2.68 bits per heavy atom. The van der Waals surface area contributed by atoms with Crippen LogP contribution in [-0.2, 0) is 4.79 Å². The Bertz CT molecular complexity index is 293. The molecule has 2 atom stereocenters. The molecule has 1 saturated carbocycles. The molecule has 1 fully saturated rings. The highest BCUT2D eigenvalue weighted by molar-refractivity contribution is 5.85. The summed E-state index contributed by atoms with van der Waals surface area (Å²) >= 11 is 0. The lowest BCUT2D eigenvalue weighted by Crippen LogP contribution is -2.56. The van der Waals surface area contributed by atoms with Gasteiger partial charge in [-0.1, -0.05) is 19.8 Å². The summed E-state index contributed by atoms with van der Waals surface area (Å²) in [7, 11) is 2.17. The second kappa shape index (κ2) is 7.25. The van der Waals surface area contributed by atoms with E-state index in [-0.39, 0.29) is 11.9 Å². The third-order valence-electron chi connectivity index (χ3n) is 4.26. The van der Waals surface area contributed by atoms with E-state index in [9.17, 15) is 4.79 Å². The number of carbonyl (C=O) groups excluding carboxylic acids is 1. The monoisotopic (exact) mass is 269 g/mol. The maximum atomic E-state index is 11.8. The third-order valence-corrected chi connectivity index (χ3v) is 4.26. The van der Waals surface area contributed by atoms with Crippen LogP contribution in [0.25, 0.3) is 0 Å². The lowest BCUT2D eigenvalue weighted by atomic mass is 9.95. The normalized spacial score (nSPS) is 27.4. The van der Waals surface area contributed by atoms with Crippen molar-refractivity contribution in [1.29, 1.82) is 0 Å². The van der Waals surface area contributed by atoms with Crippen LogP contribution in [0.5, 0.6) is 0 Å². The van der Waals surface area contributed by atoms with E-state index in [4.69, 9.17) is 5.73 Å². The number of hydrogen-bond donors (Lipinski definition) is 2. The zero-order valence-corrected chi connectivity index (χ0v) is 13.0. The van der Waals surface area contributed by atoms with E-state index in [0.717, 1.165) is 25.8 Å². The summed E-state index contributed by atoms with van der Waals surface area (Å²) in [6, 6.07) is 0.771. The molecule has 1 aliphatic rings. The first-order chi connectivity index (χ1) is 8.91. The van der Waals surface area contributed by atoms with Crippen molar-refractivity contribution in [1.82, 2.24) is 10.2 Å². The zero-order valence-electron chi connectivity index (χ0n) is 13.0. The first-order valence-electron chi connectivity index (χ1n) is 7.69. The van der Waals surface area contributed by atoms with E-state index in [1.165, 1.54) is 19.3 Å². The number of rotatable bonds is 8. The summed E-state index contributed by atoms with van der Waals surface area (Å²) < 4.78 is 0. The van der Waals surface area contributed by atoms with Gasteiger partial charge in [0.15, 0.2) is 0 Å². The SMILES string of the molecule is CCCCCN(C)C1CCC(NC(C)C)(C(N)=O)C1. The van der Waals surface area contributed by atoms with Crippen LogP contribution in [0.3, 0.4) is 0 Å². The first kappa shape index (κ1) is 16.4. The Kier molecular flexibility index (Phi) is 6.27. The third kappa shape index (κ3) is 4.46. The van der Waals surface area contributed by atoms with Crippen molar-refractivity contribution in [2.75, 3.05) is 13.6 Å². The van der Waals surface area contributed by atoms with Crippen LogP contribution >= 0.6 is 0 Å². The van der Waals surface area contributed by atoms with Crippen molar-refractivity contribution in [3.63, 3.8) is 0 Å². The van der Waals surface area contributed by atoms with Gasteiger partial charge in [-0.2, -0.15) is 0 Å². The van der Waals surface area contributed by atoms with Gasteiger partial charge in [-0.25, -0.2) is 0 Å². The molecule has 2 unspecified atom stereocenters. The Balaban J connectivity index is 2.55. The fourth-order valence-electron chi connectivity index (χ4n) is 3.17. The van der Waals surface area contributed by atoms with Gasteiger partial charge < -0.3 is 16.0 Å². The molecule has 1 rings (SSSR count). The van der Waals surface area contributed by atoms with Gasteiger partial charge in [-0.05, 0) is 53.1 Å². The van der Waals surface area contributed by atoms with Crippen LogP contribution in [0.2, 0.25) is 0 Å². The van der Waals surface area contributed by atoms with Crippen molar-refractivity contribution in [2.45, 2.75) is 76.9 Å². The van der Waals surface area contributed by atoms with Gasteiger partial charge in [0.25, 0.3) is 0 Å². The molecule has 19 heavy (non-hydrogen) atoms. The summed E-state index contributed by atoms with van der Waals surface area (Å²) in [4.78, 5) is 14.2. The average Bonchev–Trinajstić information content (AvgIpc) is 2.74. The summed E-state index contributed by atoms with van der Waals surface area (Å²) in [6.45, 7) is 7.49. The molecule has 4 nitrogen and oxygen atoms in total. The van der Waals surface area contributed by atoms with Gasteiger partial charge in [0.1, 0.15) is 0 Å². The molecule has 0 aromatic rings. The largest absolute Gasteiger partial charge is 0.368 e. The van der Waals surface area contributed by atoms with E-state index in [1.807, 2.05) is 0 Å². The van der Waals surface area contributed by atoms with Crippen LogP contribution in [0.15, 0.2) is 0 Å². The van der Waals surface area contributed by atoms with E-state index in [2.05, 4.69) is 38.0 Å². The minimum absolute atomic E-state index is 0.189. The second-order valence-corrected chi connectivity index (χ2v) is 6.33. The van der Waals surface area contributed by atoms with Gasteiger partial charge in [0, 0.05) is 12.1 Å². The number of unbranched alkanes of at least 4 members (excludes halogenated alkanes) is 2. The number of nitrogens with zero attached hydrogens (tertiary/aromatic N) is 1. The number of nitrogens with two attached hydrogens (primary N) is 1. The minimum atomic E-state index is -0.488. The topological polar surface area (TPSA) is 58.4 Å². The lowest BCUT2D eigenvalue weighted by molar-refractivity contribution is -0.124. The van der Waals surface area contributed by atoms with Crippen LogP contribution in [0.4, 0.5) is 0 Å². The molecule has 0 spiro atoms. The highest BCUT2D eigenvalue weighted by Gasteiger charge is 2.45. The Labute approximate surface area is 118 Å². The molecule has 0 aliphatic heterocycles. The minimum Gasteiger partial charge on any atom is -0.368 e. The molecular weight excluding hydrogens is 238 g/mol. The fraction of sp³-hybridized carbons (Fsp3) is 0.933. The smallest absolute Gasteiger partial charge is 0.237 e. The molecule has 0 aromatic heterocycles. The number of nitrogens with one attached hydrogen (secondary N) is 1. The average molecular weight is 269 g/mol. The predicted octanol–water partition coefficient (Wildman–Crippen LogP) is 1.88. The molecule has 0 heterocycles. The Hall–Kier alpha value is -0.610. The summed E-state index contributed by atoms with van der Waals surface area (Å²) in [5.41, 5.74) is 5.16. The molecule has 3 N–H and O–H groups in total. The van der Waals surface area contributed by atoms with Crippen molar-refractivity contribution in [2.24, 2.45) is 5.73 Å². The summed E-state index contributed by atoms with van der Waals surface area (Å²) in [5.74, 6) is -0.189. The predicted molar refractivity (Wildman–Crippen MR) is 80.0 cm³/mol. The van der Waals surface area contributed by atoms with E-state index in [1.54, 1.807) is 0 Å². The Morgan fingerprint density at radius 2 is 2.16 bits per heavy atom. The lowest BCUT2D eigenvalue weighted by Gasteiger charge is -2.31. The van der Waals surface area contributed by atoms with E-state index in [0.29, 0.717) is 6.04 Å².